The normalized spacial score (nSPS) is 13.8. The molecule has 48 heavy (non-hydrogen) atoms. The summed E-state index contributed by atoms with van der Waals surface area (Å²) in [5.74, 6) is -1.39. The largest absolute Gasteiger partial charge is 0.481 e. The third-order valence-electron chi connectivity index (χ3n) is 9.38. The Morgan fingerprint density at radius 1 is 0.417 bits per heavy atom. The Balaban J connectivity index is 0. The van der Waals surface area contributed by atoms with Gasteiger partial charge in [-0.2, -0.15) is 0 Å². The van der Waals surface area contributed by atoms with Gasteiger partial charge in [0.05, 0.1) is 12.2 Å². The molecule has 0 radical (unpaired) electrons. The fourth-order valence-electron chi connectivity index (χ4n) is 6.40. The highest BCUT2D eigenvalue weighted by Crippen LogP contribution is 2.17. The first-order valence-electron chi connectivity index (χ1n) is 20.5. The summed E-state index contributed by atoms with van der Waals surface area (Å²) in [6.45, 7) is 10.5. The van der Waals surface area contributed by atoms with E-state index < -0.39 is 11.9 Å². The van der Waals surface area contributed by atoms with Crippen molar-refractivity contribution in [2.45, 2.75) is 232 Å². The standard InChI is InChI=1S/2C20H41NO3/c1-3-5-6-7-10-13-16-19(22)18(21-4-2)15-12-9-8-11-14-17-20(23)24;1-3-5-6-7-9-12-15-18(21-4-2)19(22)16-13-10-8-11-14-17-20(23)24/h2*18-19,21-22H,3-17H2,1-2H3,(H,23,24). The number of aliphatic hydroxyl groups is 2. The van der Waals surface area contributed by atoms with Crippen molar-refractivity contribution in [3.8, 4) is 0 Å². The smallest absolute Gasteiger partial charge is 0.303 e. The molecule has 8 nitrogen and oxygen atoms in total. The van der Waals surface area contributed by atoms with Crippen LogP contribution in [0.25, 0.3) is 0 Å². The van der Waals surface area contributed by atoms with Gasteiger partial charge in [-0.15, -0.1) is 0 Å². The molecule has 6 N–H and O–H groups in total. The minimum Gasteiger partial charge on any atom is -0.481 e. The molecule has 0 rings (SSSR count). The number of hydrogen-bond donors (Lipinski definition) is 6. The minimum absolute atomic E-state index is 0.213. The van der Waals surface area contributed by atoms with Crippen LogP contribution in [0.5, 0.6) is 0 Å². The lowest BCUT2D eigenvalue weighted by atomic mass is 9.97. The van der Waals surface area contributed by atoms with Crippen LogP contribution in [-0.4, -0.2) is 69.7 Å². The van der Waals surface area contributed by atoms with Crippen LogP contribution < -0.4 is 10.6 Å². The topological polar surface area (TPSA) is 139 Å². The fourth-order valence-corrected chi connectivity index (χ4v) is 6.40. The molecule has 4 atom stereocenters. The van der Waals surface area contributed by atoms with Crippen molar-refractivity contribution in [1.29, 1.82) is 0 Å². The van der Waals surface area contributed by atoms with Crippen LogP contribution in [0.4, 0.5) is 0 Å². The summed E-state index contributed by atoms with van der Waals surface area (Å²) in [6, 6.07) is 0.442. The summed E-state index contributed by atoms with van der Waals surface area (Å²) in [5, 5.41) is 44.9. The number of likely N-dealkylation sites (N-methyl/N-ethyl adjacent to an activating group) is 2. The van der Waals surface area contributed by atoms with Crippen LogP contribution in [0, 0.1) is 0 Å². The SMILES string of the molecule is CCCCCCCCC(NCC)C(O)CCCCCCCC(=O)O.CCCCCCCCC(O)C(CCCCCCCC(=O)O)NCC. The number of carboxylic acid groups (broad SMARTS) is 2. The zero-order chi connectivity index (χ0) is 36.1. The lowest BCUT2D eigenvalue weighted by molar-refractivity contribution is -0.138. The molecule has 0 saturated carbocycles. The average molecular weight is 687 g/mol. The van der Waals surface area contributed by atoms with E-state index in [2.05, 4.69) is 38.3 Å². The van der Waals surface area contributed by atoms with Crippen molar-refractivity contribution in [1.82, 2.24) is 10.6 Å². The predicted octanol–water partition coefficient (Wildman–Crippen LogP) is 9.78. The van der Waals surface area contributed by atoms with Gasteiger partial charge in [0.15, 0.2) is 0 Å². The number of nitrogens with one attached hydrogen (secondary N) is 2. The summed E-state index contributed by atoms with van der Waals surface area (Å²) in [7, 11) is 0. The van der Waals surface area contributed by atoms with Gasteiger partial charge in [-0.25, -0.2) is 0 Å². The van der Waals surface area contributed by atoms with Gasteiger partial charge >= 0.3 is 11.9 Å². The molecule has 8 heteroatoms. The fraction of sp³-hybridized carbons (Fsp3) is 0.950. The van der Waals surface area contributed by atoms with E-state index in [4.69, 9.17) is 10.2 Å². The van der Waals surface area contributed by atoms with Gasteiger partial charge in [-0.3, -0.25) is 9.59 Å². The van der Waals surface area contributed by atoms with Crippen molar-refractivity contribution >= 4 is 11.9 Å². The highest BCUT2D eigenvalue weighted by Gasteiger charge is 2.18. The van der Waals surface area contributed by atoms with E-state index in [1.54, 1.807) is 0 Å². The first kappa shape index (κ1) is 48.9. The first-order chi connectivity index (χ1) is 23.2. The van der Waals surface area contributed by atoms with Crippen molar-refractivity contribution in [2.24, 2.45) is 0 Å². The van der Waals surface area contributed by atoms with E-state index in [1.165, 1.54) is 70.6 Å². The van der Waals surface area contributed by atoms with Crippen molar-refractivity contribution in [2.75, 3.05) is 13.1 Å². The van der Waals surface area contributed by atoms with E-state index >= 15 is 0 Å². The molecule has 0 aromatic rings. The Bertz CT molecular complexity index is 680. The van der Waals surface area contributed by atoms with Crippen LogP contribution in [0.2, 0.25) is 0 Å². The quantitative estimate of drug-likeness (QED) is 0.0358. The van der Waals surface area contributed by atoms with E-state index in [-0.39, 0.29) is 37.1 Å². The second-order valence-corrected chi connectivity index (χ2v) is 14.0. The average Bonchev–Trinajstić information content (AvgIpc) is 3.05. The number of hydrogen-bond acceptors (Lipinski definition) is 6. The van der Waals surface area contributed by atoms with E-state index in [0.717, 1.165) is 109 Å². The maximum atomic E-state index is 10.4. The van der Waals surface area contributed by atoms with Crippen LogP contribution in [-0.2, 0) is 9.59 Å². The highest BCUT2D eigenvalue weighted by atomic mass is 16.4. The number of unbranched alkanes of at least 4 members (excludes halogenated alkanes) is 18. The number of carbonyl (C=O) groups is 2. The van der Waals surface area contributed by atoms with Crippen molar-refractivity contribution in [3.05, 3.63) is 0 Å². The molecule has 0 spiro atoms. The van der Waals surface area contributed by atoms with Gasteiger partial charge in [0.25, 0.3) is 0 Å². The monoisotopic (exact) mass is 687 g/mol. The summed E-state index contributed by atoms with van der Waals surface area (Å²) >= 11 is 0. The number of rotatable bonds is 36. The Kier molecular flexibility index (Phi) is 39.3. The second-order valence-electron chi connectivity index (χ2n) is 14.0. The Labute approximate surface area is 297 Å². The molecule has 0 aliphatic carbocycles. The zero-order valence-electron chi connectivity index (χ0n) is 32.1. The molecule has 0 aromatic heterocycles. The van der Waals surface area contributed by atoms with Gasteiger partial charge in [-0.05, 0) is 51.6 Å². The highest BCUT2D eigenvalue weighted by molar-refractivity contribution is 5.66. The molecular formula is C40H82N2O6. The summed E-state index contributed by atoms with van der Waals surface area (Å²) in [4.78, 5) is 20.9. The van der Waals surface area contributed by atoms with Crippen LogP contribution in [0.3, 0.4) is 0 Å². The third kappa shape index (κ3) is 36.1. The van der Waals surface area contributed by atoms with Gasteiger partial charge in [0, 0.05) is 24.9 Å². The Morgan fingerprint density at radius 3 is 0.979 bits per heavy atom. The second kappa shape index (κ2) is 38.6. The molecule has 0 amide bonds. The van der Waals surface area contributed by atoms with Gasteiger partial charge < -0.3 is 31.1 Å². The molecule has 288 valence electrons. The molecule has 0 aromatic carbocycles. The molecular weight excluding hydrogens is 604 g/mol. The van der Waals surface area contributed by atoms with Crippen LogP contribution in [0.15, 0.2) is 0 Å². The maximum Gasteiger partial charge on any atom is 0.303 e. The molecule has 0 fully saturated rings. The van der Waals surface area contributed by atoms with E-state index in [0.29, 0.717) is 0 Å². The molecule has 0 saturated heterocycles. The zero-order valence-corrected chi connectivity index (χ0v) is 32.1. The summed E-state index contributed by atoms with van der Waals surface area (Å²) in [5.41, 5.74) is 0. The van der Waals surface area contributed by atoms with Crippen molar-refractivity contribution < 1.29 is 30.0 Å². The Hall–Kier alpha value is -1.22. The first-order valence-corrected chi connectivity index (χ1v) is 20.5. The minimum atomic E-state index is -0.700. The van der Waals surface area contributed by atoms with Crippen LogP contribution >= 0.6 is 0 Å². The molecule has 0 heterocycles. The molecule has 4 unspecified atom stereocenters. The van der Waals surface area contributed by atoms with Gasteiger partial charge in [0.1, 0.15) is 0 Å². The molecule has 0 aliphatic heterocycles. The predicted molar refractivity (Wildman–Crippen MR) is 203 cm³/mol. The van der Waals surface area contributed by atoms with Gasteiger partial charge in [-0.1, -0.05) is 156 Å². The number of aliphatic carboxylic acids is 2. The molecule has 0 aliphatic rings. The Morgan fingerprint density at radius 2 is 0.688 bits per heavy atom. The van der Waals surface area contributed by atoms with E-state index in [1.807, 2.05) is 0 Å². The maximum absolute atomic E-state index is 10.4. The lowest BCUT2D eigenvalue weighted by Crippen LogP contribution is -2.39. The van der Waals surface area contributed by atoms with Crippen LogP contribution in [0.1, 0.15) is 207 Å². The third-order valence-corrected chi connectivity index (χ3v) is 9.38. The summed E-state index contributed by atoms with van der Waals surface area (Å²) < 4.78 is 0. The van der Waals surface area contributed by atoms with Gasteiger partial charge in [0.2, 0.25) is 0 Å². The molecule has 0 bridgehead atoms. The summed E-state index contributed by atoms with van der Waals surface area (Å²) in [6.07, 6.45) is 29.4. The van der Waals surface area contributed by atoms with E-state index in [9.17, 15) is 19.8 Å². The lowest BCUT2D eigenvalue weighted by Gasteiger charge is -2.24. The number of aliphatic hydroxyl groups excluding tert-OH is 2. The number of carboxylic acids is 2. The van der Waals surface area contributed by atoms with Crippen molar-refractivity contribution in [3.63, 3.8) is 0 Å².